The molecule has 0 radical (unpaired) electrons. The van der Waals surface area contributed by atoms with E-state index in [1.807, 2.05) is 18.2 Å². The first-order valence-electron chi connectivity index (χ1n) is 6.46. The number of methoxy groups -OCH3 is 1. The maximum absolute atomic E-state index is 5.78. The van der Waals surface area contributed by atoms with E-state index in [9.17, 15) is 0 Å². The summed E-state index contributed by atoms with van der Waals surface area (Å²) in [6, 6.07) is 8.16. The first-order chi connectivity index (χ1) is 8.76. The number of rotatable bonds is 5. The molecule has 0 amide bonds. The highest BCUT2D eigenvalue weighted by Gasteiger charge is 2.31. The van der Waals surface area contributed by atoms with Gasteiger partial charge < -0.3 is 9.47 Å². The highest BCUT2D eigenvalue weighted by atomic mass is 16.5. The molecular formula is C14H22N2O2. The molecule has 100 valence electrons. The molecule has 3 atom stereocenters. The van der Waals surface area contributed by atoms with Gasteiger partial charge in [-0.3, -0.25) is 11.3 Å². The van der Waals surface area contributed by atoms with E-state index in [0.717, 1.165) is 30.8 Å². The third kappa shape index (κ3) is 2.83. The van der Waals surface area contributed by atoms with Gasteiger partial charge in [0, 0.05) is 6.61 Å². The first kappa shape index (κ1) is 13.3. The number of para-hydroxylation sites is 1. The minimum Gasteiger partial charge on any atom is -0.496 e. The topological polar surface area (TPSA) is 56.5 Å². The average Bonchev–Trinajstić information content (AvgIpc) is 2.82. The van der Waals surface area contributed by atoms with Crippen molar-refractivity contribution >= 4 is 0 Å². The number of hydrogen-bond donors (Lipinski definition) is 2. The van der Waals surface area contributed by atoms with Crippen LogP contribution < -0.4 is 16.0 Å². The lowest BCUT2D eigenvalue weighted by atomic mass is 9.93. The fourth-order valence-corrected chi connectivity index (χ4v) is 2.61. The predicted molar refractivity (Wildman–Crippen MR) is 71.3 cm³/mol. The van der Waals surface area contributed by atoms with Crippen molar-refractivity contribution in [2.45, 2.75) is 31.9 Å². The molecule has 2 rings (SSSR count). The average molecular weight is 250 g/mol. The monoisotopic (exact) mass is 250 g/mol. The van der Waals surface area contributed by atoms with Gasteiger partial charge >= 0.3 is 0 Å². The first-order valence-corrected chi connectivity index (χ1v) is 6.46. The predicted octanol–water partition coefficient (Wildman–Crippen LogP) is 1.49. The largest absolute Gasteiger partial charge is 0.496 e. The Bertz CT molecular complexity index is 384. The van der Waals surface area contributed by atoms with Gasteiger partial charge in [0.25, 0.3) is 0 Å². The van der Waals surface area contributed by atoms with E-state index in [2.05, 4.69) is 18.4 Å². The van der Waals surface area contributed by atoms with E-state index >= 15 is 0 Å². The molecule has 0 bridgehead atoms. The summed E-state index contributed by atoms with van der Waals surface area (Å²) in [7, 11) is 1.69. The van der Waals surface area contributed by atoms with Crippen molar-refractivity contribution in [2.24, 2.45) is 11.8 Å². The summed E-state index contributed by atoms with van der Waals surface area (Å²) in [5.41, 5.74) is 4.05. The van der Waals surface area contributed by atoms with Crippen LogP contribution in [0.15, 0.2) is 24.3 Å². The minimum absolute atomic E-state index is 0.124. The Balaban J connectivity index is 2.10. The van der Waals surface area contributed by atoms with E-state index in [1.165, 1.54) is 0 Å². The van der Waals surface area contributed by atoms with Gasteiger partial charge in [-0.25, -0.2) is 0 Å². The summed E-state index contributed by atoms with van der Waals surface area (Å²) in [5, 5.41) is 0. The molecule has 1 aromatic carbocycles. The van der Waals surface area contributed by atoms with Crippen LogP contribution in [-0.4, -0.2) is 25.9 Å². The zero-order chi connectivity index (χ0) is 13.0. The lowest BCUT2D eigenvalue weighted by Gasteiger charge is -2.26. The molecule has 4 heteroatoms. The smallest absolute Gasteiger partial charge is 0.122 e. The highest BCUT2D eigenvalue weighted by Crippen LogP contribution is 2.26. The van der Waals surface area contributed by atoms with Gasteiger partial charge in [-0.15, -0.1) is 0 Å². The molecule has 1 aromatic rings. The molecule has 3 unspecified atom stereocenters. The Morgan fingerprint density at radius 1 is 1.50 bits per heavy atom. The Morgan fingerprint density at radius 3 is 2.89 bits per heavy atom. The standard InChI is InChI=1S/C14H22N2O2/c1-10-7-8-18-14(10)12(16-15)9-11-5-3-4-6-13(11)17-2/h3-6,10,12,14,16H,7-9,15H2,1-2H3. The van der Waals surface area contributed by atoms with Crippen molar-refractivity contribution in [3.63, 3.8) is 0 Å². The van der Waals surface area contributed by atoms with E-state index in [-0.39, 0.29) is 12.1 Å². The van der Waals surface area contributed by atoms with Crippen molar-refractivity contribution in [3.8, 4) is 5.75 Å². The second-order valence-corrected chi connectivity index (χ2v) is 4.89. The third-order valence-corrected chi connectivity index (χ3v) is 3.69. The SMILES string of the molecule is COc1ccccc1CC(NN)C1OCCC1C. The van der Waals surface area contributed by atoms with Gasteiger partial charge in [0.15, 0.2) is 0 Å². The van der Waals surface area contributed by atoms with Gasteiger partial charge in [-0.1, -0.05) is 25.1 Å². The van der Waals surface area contributed by atoms with E-state index in [0.29, 0.717) is 5.92 Å². The lowest BCUT2D eigenvalue weighted by Crippen LogP contribution is -2.47. The number of hydrogen-bond acceptors (Lipinski definition) is 4. The molecular weight excluding hydrogens is 228 g/mol. The summed E-state index contributed by atoms with van der Waals surface area (Å²) >= 11 is 0. The maximum atomic E-state index is 5.78. The van der Waals surface area contributed by atoms with Gasteiger partial charge in [0.1, 0.15) is 5.75 Å². The van der Waals surface area contributed by atoms with Crippen LogP contribution >= 0.6 is 0 Å². The molecule has 1 aliphatic heterocycles. The van der Waals surface area contributed by atoms with Gasteiger partial charge in [-0.05, 0) is 30.4 Å². The lowest BCUT2D eigenvalue weighted by molar-refractivity contribution is 0.0609. The van der Waals surface area contributed by atoms with Crippen molar-refractivity contribution in [3.05, 3.63) is 29.8 Å². The van der Waals surface area contributed by atoms with Gasteiger partial charge in [0.2, 0.25) is 0 Å². The molecule has 0 aliphatic carbocycles. The zero-order valence-corrected chi connectivity index (χ0v) is 11.1. The quantitative estimate of drug-likeness (QED) is 0.614. The Morgan fingerprint density at radius 2 is 2.28 bits per heavy atom. The van der Waals surface area contributed by atoms with Crippen LogP contribution in [0, 0.1) is 5.92 Å². The molecule has 3 N–H and O–H groups in total. The number of benzene rings is 1. The number of nitrogens with two attached hydrogens (primary N) is 1. The molecule has 0 spiro atoms. The van der Waals surface area contributed by atoms with Crippen molar-refractivity contribution in [2.75, 3.05) is 13.7 Å². The Hall–Kier alpha value is -1.10. The maximum Gasteiger partial charge on any atom is 0.122 e. The van der Waals surface area contributed by atoms with Crippen LogP contribution in [0.4, 0.5) is 0 Å². The van der Waals surface area contributed by atoms with E-state index in [1.54, 1.807) is 7.11 Å². The molecule has 1 saturated heterocycles. The second-order valence-electron chi connectivity index (χ2n) is 4.89. The van der Waals surface area contributed by atoms with E-state index in [4.69, 9.17) is 15.3 Å². The van der Waals surface area contributed by atoms with Crippen LogP contribution in [0.2, 0.25) is 0 Å². The summed E-state index contributed by atoms with van der Waals surface area (Å²) < 4.78 is 11.2. The van der Waals surface area contributed by atoms with Gasteiger partial charge in [-0.2, -0.15) is 0 Å². The summed E-state index contributed by atoms with van der Waals surface area (Å²) in [4.78, 5) is 0. The van der Waals surface area contributed by atoms with Crippen molar-refractivity contribution < 1.29 is 9.47 Å². The Labute approximate surface area is 108 Å². The third-order valence-electron chi connectivity index (χ3n) is 3.69. The zero-order valence-electron chi connectivity index (χ0n) is 11.1. The summed E-state index contributed by atoms with van der Waals surface area (Å²) in [6.45, 7) is 3.04. The van der Waals surface area contributed by atoms with Gasteiger partial charge in [0.05, 0.1) is 19.3 Å². The molecule has 4 nitrogen and oxygen atoms in total. The van der Waals surface area contributed by atoms with Crippen LogP contribution in [0.5, 0.6) is 5.75 Å². The van der Waals surface area contributed by atoms with Crippen LogP contribution in [0.1, 0.15) is 18.9 Å². The summed E-state index contributed by atoms with van der Waals surface area (Å²) in [6.07, 6.45) is 2.10. The fourth-order valence-electron chi connectivity index (χ4n) is 2.61. The number of ether oxygens (including phenoxy) is 2. The molecule has 0 aromatic heterocycles. The normalized spacial score (nSPS) is 25.1. The van der Waals surface area contributed by atoms with Crippen LogP contribution in [0.3, 0.4) is 0 Å². The molecule has 1 aliphatic rings. The number of nitrogens with one attached hydrogen (secondary N) is 1. The number of hydrazine groups is 1. The molecule has 0 saturated carbocycles. The fraction of sp³-hybridized carbons (Fsp3) is 0.571. The molecule has 1 fully saturated rings. The van der Waals surface area contributed by atoms with Crippen LogP contribution in [0.25, 0.3) is 0 Å². The molecule has 1 heterocycles. The second kappa shape index (κ2) is 6.18. The highest BCUT2D eigenvalue weighted by molar-refractivity contribution is 5.34. The van der Waals surface area contributed by atoms with Crippen molar-refractivity contribution in [1.29, 1.82) is 0 Å². The van der Waals surface area contributed by atoms with Crippen molar-refractivity contribution in [1.82, 2.24) is 5.43 Å². The minimum atomic E-state index is 0.124. The summed E-state index contributed by atoms with van der Waals surface area (Å²) in [5.74, 6) is 7.13. The Kier molecular flexibility index (Phi) is 4.58. The molecule has 18 heavy (non-hydrogen) atoms. The van der Waals surface area contributed by atoms with E-state index < -0.39 is 0 Å². The van der Waals surface area contributed by atoms with Crippen LogP contribution in [-0.2, 0) is 11.2 Å².